The van der Waals surface area contributed by atoms with Crippen LogP contribution in [0.5, 0.6) is 34.5 Å². The Morgan fingerprint density at radius 2 is 1.66 bits per heavy atom. The Morgan fingerprint density at radius 1 is 0.940 bits per heavy atom. The molecule has 2 aliphatic carbocycles. The molecule has 16 heteroatoms. The normalized spacial score (nSPS) is 22.7. The van der Waals surface area contributed by atoms with Gasteiger partial charge >= 0.3 is 6.09 Å². The molecule has 0 saturated heterocycles. The van der Waals surface area contributed by atoms with E-state index in [0.717, 1.165) is 41.7 Å². The van der Waals surface area contributed by atoms with Crippen LogP contribution >= 0.6 is 11.8 Å². The van der Waals surface area contributed by atoms with Crippen molar-refractivity contribution in [2.75, 3.05) is 39.5 Å². The highest BCUT2D eigenvalue weighted by Crippen LogP contribution is 2.62. The minimum absolute atomic E-state index is 0.00724. The van der Waals surface area contributed by atoms with Crippen LogP contribution in [0.25, 0.3) is 0 Å². The number of hydrogen-bond acceptors (Lipinski definition) is 14. The van der Waals surface area contributed by atoms with E-state index in [2.05, 4.69) is 12.7 Å². The number of nitrogens with zero attached hydrogens (tertiary/aromatic N) is 3. The highest BCUT2D eigenvalue weighted by atomic mass is 32.2. The van der Waals surface area contributed by atoms with E-state index < -0.39 is 28.8 Å². The number of allylic oxidation sites excluding steroid dienone is 1. The number of oxime groups is 1. The highest BCUT2D eigenvalue weighted by molar-refractivity contribution is 7.98. The second-order valence-corrected chi connectivity index (χ2v) is 17.8. The van der Waals surface area contributed by atoms with Crippen LogP contribution in [-0.4, -0.2) is 83.1 Å². The summed E-state index contributed by atoms with van der Waals surface area (Å²) in [5, 5.41) is 36.3. The Kier molecular flexibility index (Phi) is 15.4. The molecule has 4 aromatic rings. The fraction of sp³-hybridized carbons (Fsp3) is 0.412. The molecule has 1 amide bonds. The molecule has 15 nitrogen and oxygen atoms in total. The number of hydrogen-bond donors (Lipinski definition) is 2. The molecule has 6 unspecified atom stereocenters. The van der Waals surface area contributed by atoms with Crippen molar-refractivity contribution in [2.45, 2.75) is 81.1 Å². The van der Waals surface area contributed by atoms with E-state index in [1.807, 2.05) is 67.8 Å². The van der Waals surface area contributed by atoms with Crippen LogP contribution < -0.4 is 23.7 Å². The van der Waals surface area contributed by atoms with Crippen LogP contribution in [-0.2, 0) is 16.1 Å². The van der Waals surface area contributed by atoms with Crippen LogP contribution in [0.1, 0.15) is 68.9 Å². The minimum atomic E-state index is -1.59. The van der Waals surface area contributed by atoms with E-state index in [4.69, 9.17) is 38.4 Å². The number of ether oxygens (including phenoxy) is 6. The number of thioether (sulfide) groups is 1. The molecule has 1 saturated carbocycles. The van der Waals surface area contributed by atoms with E-state index in [1.165, 1.54) is 24.3 Å². The summed E-state index contributed by atoms with van der Waals surface area (Å²) >= 11 is 1.65. The third-order valence-electron chi connectivity index (χ3n) is 12.9. The molecule has 0 bridgehead atoms. The minimum Gasteiger partial charge on any atom is -0.459 e. The van der Waals surface area contributed by atoms with Gasteiger partial charge in [0.15, 0.2) is 11.5 Å². The lowest BCUT2D eigenvalue weighted by Crippen LogP contribution is -2.70. The van der Waals surface area contributed by atoms with Crippen LogP contribution in [0.3, 0.4) is 0 Å². The quantitative estimate of drug-likeness (QED) is 0.0265. The van der Waals surface area contributed by atoms with Crippen molar-refractivity contribution in [1.29, 1.82) is 0 Å². The third kappa shape index (κ3) is 10.3. The Balaban J connectivity index is 1.32. The molecule has 0 radical (unpaired) electrons. The molecule has 0 spiro atoms. The van der Waals surface area contributed by atoms with E-state index in [-0.39, 0.29) is 68.8 Å². The van der Waals surface area contributed by atoms with Gasteiger partial charge in [-0.2, -0.15) is 0 Å². The van der Waals surface area contributed by atoms with Gasteiger partial charge in [-0.15, -0.1) is 18.3 Å². The summed E-state index contributed by atoms with van der Waals surface area (Å²) in [6.45, 7) is 6.42. The fourth-order valence-corrected chi connectivity index (χ4v) is 10.4. The predicted molar refractivity (Wildman–Crippen MR) is 252 cm³/mol. The zero-order valence-corrected chi connectivity index (χ0v) is 38.6. The molecular weight excluding hydrogens is 879 g/mol. The van der Waals surface area contributed by atoms with Crippen molar-refractivity contribution in [3.8, 4) is 34.5 Å². The Labute approximate surface area is 394 Å². The molecule has 0 aromatic heterocycles. The standard InChI is InChI=1S/C51H57N3O12S/c1-4-26-62-51-47(53(31-33-12-22-45-46(27-33)61-32-60-45)50(57)65-37-15-13-35(14-16-37)54(58)59)30-43(52-63-5-2)41-28-34(10-6-8-24-55)40(11-7-9-25-56)48(49(41)51)42-29-38(19-23-44(42)66-51)64-36-17-20-39(67-3)21-18-36/h4,12-23,27-29,34,40,47-49,55-56H,1,5-11,24-26,30-32H2,2-3H3. The highest BCUT2D eigenvalue weighted by Gasteiger charge is 2.66. The monoisotopic (exact) mass is 935 g/mol. The van der Waals surface area contributed by atoms with E-state index in [9.17, 15) is 20.3 Å². The molecule has 4 aliphatic rings. The first kappa shape index (κ1) is 47.4. The van der Waals surface area contributed by atoms with Crippen molar-refractivity contribution in [3.63, 3.8) is 0 Å². The first-order valence-corrected chi connectivity index (χ1v) is 24.1. The number of nitro benzene ring substituents is 1. The van der Waals surface area contributed by atoms with Crippen LogP contribution in [0.15, 0.2) is 119 Å². The number of nitro groups is 1. The lowest BCUT2D eigenvalue weighted by molar-refractivity contribution is -0.384. The van der Waals surface area contributed by atoms with E-state index >= 15 is 4.79 Å². The molecule has 354 valence electrons. The first-order valence-electron chi connectivity index (χ1n) is 22.8. The average Bonchev–Trinajstić information content (AvgIpc) is 3.82. The van der Waals surface area contributed by atoms with Gasteiger partial charge in [-0.25, -0.2) is 4.79 Å². The fourth-order valence-electron chi connectivity index (χ4n) is 9.97. The Hall–Kier alpha value is -6.07. The number of aliphatic hydroxyl groups is 2. The number of non-ortho nitro benzene ring substituents is 1. The largest absolute Gasteiger partial charge is 0.459 e. The maximum atomic E-state index is 15.1. The van der Waals surface area contributed by atoms with Crippen molar-refractivity contribution in [2.24, 2.45) is 22.9 Å². The van der Waals surface area contributed by atoms with Gasteiger partial charge in [0.1, 0.15) is 35.6 Å². The Morgan fingerprint density at radius 3 is 2.37 bits per heavy atom. The van der Waals surface area contributed by atoms with Gasteiger partial charge in [-0.05, 0) is 129 Å². The topological polar surface area (TPSA) is 181 Å². The summed E-state index contributed by atoms with van der Waals surface area (Å²) < 4.78 is 38.6. The van der Waals surface area contributed by atoms with Crippen LogP contribution in [0.2, 0.25) is 0 Å². The predicted octanol–water partition coefficient (Wildman–Crippen LogP) is 10.2. The van der Waals surface area contributed by atoms with Gasteiger partial charge < -0.3 is 43.5 Å². The van der Waals surface area contributed by atoms with E-state index in [1.54, 1.807) is 28.8 Å². The molecular formula is C51H57N3O12S. The smallest absolute Gasteiger partial charge is 0.416 e. The summed E-state index contributed by atoms with van der Waals surface area (Å²) in [5.74, 6) is 0.571. The number of carbonyl (C=O) groups excluding carboxylic acids is 1. The van der Waals surface area contributed by atoms with Gasteiger partial charge in [0.2, 0.25) is 12.6 Å². The number of aliphatic hydroxyl groups excluding tert-OH is 2. The molecule has 4 aromatic carbocycles. The average molecular weight is 936 g/mol. The van der Waals surface area contributed by atoms with Crippen LogP contribution in [0, 0.1) is 27.9 Å². The number of unbranched alkanes of at least 4 members (excludes halogenated alkanes) is 2. The summed E-state index contributed by atoms with van der Waals surface area (Å²) in [6, 6.07) is 23.6. The summed E-state index contributed by atoms with van der Waals surface area (Å²) in [7, 11) is 0. The second kappa shape index (κ2) is 21.7. The van der Waals surface area contributed by atoms with Gasteiger partial charge in [0.25, 0.3) is 5.69 Å². The first-order chi connectivity index (χ1) is 32.7. The van der Waals surface area contributed by atoms with Gasteiger partial charge in [-0.3, -0.25) is 15.0 Å². The molecule has 2 aliphatic heterocycles. The van der Waals surface area contributed by atoms with E-state index in [0.29, 0.717) is 59.5 Å². The zero-order valence-electron chi connectivity index (χ0n) is 37.8. The summed E-state index contributed by atoms with van der Waals surface area (Å²) in [6.07, 6.45) is 9.64. The number of amides is 1. The lowest BCUT2D eigenvalue weighted by atomic mass is 9.55. The molecule has 6 atom stereocenters. The van der Waals surface area contributed by atoms with Gasteiger partial charge in [0, 0.05) is 54.7 Å². The van der Waals surface area contributed by atoms with Crippen LogP contribution in [0.4, 0.5) is 10.5 Å². The molecule has 2 N–H and O–H groups in total. The summed E-state index contributed by atoms with van der Waals surface area (Å²) in [4.78, 5) is 34.7. The third-order valence-corrected chi connectivity index (χ3v) is 13.6. The SMILES string of the molecule is C=CCOC12Oc3ccc(Oc4ccc(SC)cc4)cc3C3C(CCCCO)C(CCCCO)C=C(C(=NOCC)CC1N(Cc1ccc4c(c1)OCO4)C(=O)Oc1ccc([N+](=O)[O-])cc1)C32. The van der Waals surface area contributed by atoms with Crippen molar-refractivity contribution >= 4 is 29.3 Å². The number of rotatable bonds is 21. The second-order valence-electron chi connectivity index (χ2n) is 16.9. The van der Waals surface area contributed by atoms with Gasteiger partial charge in [-0.1, -0.05) is 36.2 Å². The Bertz CT molecular complexity index is 2450. The molecule has 8 rings (SSSR count). The summed E-state index contributed by atoms with van der Waals surface area (Å²) in [5.41, 5.74) is 2.94. The maximum absolute atomic E-state index is 15.1. The van der Waals surface area contributed by atoms with Gasteiger partial charge in [0.05, 0.1) is 23.2 Å². The lowest BCUT2D eigenvalue weighted by Gasteiger charge is -2.59. The zero-order chi connectivity index (χ0) is 46.9. The van der Waals surface area contributed by atoms with Crippen molar-refractivity contribution in [1.82, 2.24) is 4.90 Å². The number of fused-ring (bicyclic) bond motifs is 3. The molecule has 67 heavy (non-hydrogen) atoms. The molecule has 1 fully saturated rings. The number of benzene rings is 4. The molecule has 2 heterocycles. The van der Waals surface area contributed by atoms with Crippen molar-refractivity contribution in [3.05, 3.63) is 130 Å². The maximum Gasteiger partial charge on any atom is 0.416 e. The van der Waals surface area contributed by atoms with Crippen molar-refractivity contribution < 1.29 is 53.2 Å². The number of carbonyl (C=O) groups is 1.